The van der Waals surface area contributed by atoms with Crippen molar-refractivity contribution in [3.63, 3.8) is 0 Å². The highest BCUT2D eigenvalue weighted by Gasteiger charge is 2.14. The minimum atomic E-state index is -0.635. The van der Waals surface area contributed by atoms with Gasteiger partial charge in [-0.2, -0.15) is 0 Å². The van der Waals surface area contributed by atoms with Gasteiger partial charge in [-0.15, -0.1) is 0 Å². The number of rotatable bonds is 4. The lowest BCUT2D eigenvalue weighted by Crippen LogP contribution is -2.04. The fourth-order valence-electron chi connectivity index (χ4n) is 2.35. The second-order valence-corrected chi connectivity index (χ2v) is 5.13. The Bertz CT molecular complexity index is 516. The number of aliphatic hydroxyl groups is 1. The van der Waals surface area contributed by atoms with E-state index >= 15 is 0 Å². The maximum Gasteiger partial charge on any atom is 0.123 e. The van der Waals surface area contributed by atoms with Crippen LogP contribution in [0, 0.1) is 12.7 Å². The first-order valence-corrected chi connectivity index (χ1v) is 6.56. The quantitative estimate of drug-likeness (QED) is 0.863. The highest BCUT2D eigenvalue weighted by molar-refractivity contribution is 5.26. The fourth-order valence-corrected chi connectivity index (χ4v) is 2.35. The van der Waals surface area contributed by atoms with Gasteiger partial charge in [-0.1, -0.05) is 43.3 Å². The van der Waals surface area contributed by atoms with Gasteiger partial charge in [-0.25, -0.2) is 4.39 Å². The van der Waals surface area contributed by atoms with E-state index in [9.17, 15) is 9.50 Å². The summed E-state index contributed by atoms with van der Waals surface area (Å²) >= 11 is 0. The summed E-state index contributed by atoms with van der Waals surface area (Å²) in [5.74, 6) is -0.0545. The van der Waals surface area contributed by atoms with E-state index < -0.39 is 6.10 Å². The third kappa shape index (κ3) is 3.65. The van der Waals surface area contributed by atoms with E-state index in [1.807, 2.05) is 43.3 Å². The van der Waals surface area contributed by atoms with E-state index in [-0.39, 0.29) is 11.7 Å². The number of aliphatic hydroxyl groups excluding tert-OH is 1. The molecule has 100 valence electrons. The van der Waals surface area contributed by atoms with Gasteiger partial charge in [-0.05, 0) is 48.1 Å². The fraction of sp³-hybridized carbons (Fsp3) is 0.294. The second-order valence-electron chi connectivity index (χ2n) is 5.13. The first-order chi connectivity index (χ1) is 9.06. The first kappa shape index (κ1) is 13.8. The first-order valence-electron chi connectivity index (χ1n) is 6.56. The maximum atomic E-state index is 13.3. The average Bonchev–Trinajstić information content (AvgIpc) is 2.38. The van der Waals surface area contributed by atoms with Crippen LogP contribution in [0.2, 0.25) is 0 Å². The van der Waals surface area contributed by atoms with E-state index in [1.54, 1.807) is 0 Å². The van der Waals surface area contributed by atoms with Crippen molar-refractivity contribution >= 4 is 0 Å². The molecular formula is C17H19FO. The van der Waals surface area contributed by atoms with Crippen molar-refractivity contribution in [2.24, 2.45) is 0 Å². The van der Waals surface area contributed by atoms with Crippen molar-refractivity contribution in [2.75, 3.05) is 0 Å². The van der Waals surface area contributed by atoms with Crippen LogP contribution in [0.3, 0.4) is 0 Å². The number of benzene rings is 2. The molecule has 0 aliphatic rings. The molecule has 2 heteroatoms. The Kier molecular flexibility index (Phi) is 4.33. The third-order valence-corrected chi connectivity index (χ3v) is 3.39. The van der Waals surface area contributed by atoms with Crippen LogP contribution in [0.15, 0.2) is 48.5 Å². The molecule has 0 aromatic heterocycles. The Balaban J connectivity index is 2.10. The van der Waals surface area contributed by atoms with Gasteiger partial charge in [-0.3, -0.25) is 0 Å². The monoisotopic (exact) mass is 258 g/mol. The normalized spacial score (nSPS) is 14.1. The highest BCUT2D eigenvalue weighted by Crippen LogP contribution is 2.28. The molecule has 0 aliphatic heterocycles. The summed E-state index contributed by atoms with van der Waals surface area (Å²) in [5.41, 5.74) is 2.68. The molecule has 2 unspecified atom stereocenters. The maximum absolute atomic E-state index is 13.3. The van der Waals surface area contributed by atoms with E-state index in [1.165, 1.54) is 17.7 Å². The molecule has 0 radical (unpaired) electrons. The lowest BCUT2D eigenvalue weighted by molar-refractivity contribution is 0.159. The summed E-state index contributed by atoms with van der Waals surface area (Å²) in [6.07, 6.45) is -0.0444. The molecule has 2 aromatic carbocycles. The van der Waals surface area contributed by atoms with E-state index in [4.69, 9.17) is 0 Å². The molecule has 2 rings (SSSR count). The predicted molar refractivity (Wildman–Crippen MR) is 75.6 cm³/mol. The summed E-state index contributed by atoms with van der Waals surface area (Å²) in [7, 11) is 0. The average molecular weight is 258 g/mol. The van der Waals surface area contributed by atoms with E-state index in [2.05, 4.69) is 6.92 Å². The van der Waals surface area contributed by atoms with Gasteiger partial charge in [0, 0.05) is 0 Å². The summed E-state index contributed by atoms with van der Waals surface area (Å²) in [5, 5.41) is 10.2. The Morgan fingerprint density at radius 1 is 1.05 bits per heavy atom. The molecule has 0 bridgehead atoms. The molecule has 0 spiro atoms. The summed E-state index contributed by atoms with van der Waals surface area (Å²) in [4.78, 5) is 0. The number of hydrogen-bond acceptors (Lipinski definition) is 1. The smallest absolute Gasteiger partial charge is 0.123 e. The molecule has 0 fully saturated rings. The van der Waals surface area contributed by atoms with Crippen LogP contribution >= 0.6 is 0 Å². The van der Waals surface area contributed by atoms with Gasteiger partial charge < -0.3 is 5.11 Å². The predicted octanol–water partition coefficient (Wildman–Crippen LogP) is 4.36. The van der Waals surface area contributed by atoms with Crippen LogP contribution < -0.4 is 0 Å². The summed E-state index contributed by atoms with van der Waals surface area (Å²) in [6, 6.07) is 14.8. The Morgan fingerprint density at radius 3 is 2.37 bits per heavy atom. The molecule has 2 aromatic rings. The van der Waals surface area contributed by atoms with Gasteiger partial charge in [0.05, 0.1) is 6.10 Å². The lowest BCUT2D eigenvalue weighted by Gasteiger charge is -2.17. The molecule has 0 aliphatic carbocycles. The molecule has 19 heavy (non-hydrogen) atoms. The van der Waals surface area contributed by atoms with Crippen LogP contribution in [-0.2, 0) is 0 Å². The lowest BCUT2D eigenvalue weighted by atomic mass is 9.92. The van der Waals surface area contributed by atoms with Gasteiger partial charge >= 0.3 is 0 Å². The minimum Gasteiger partial charge on any atom is -0.388 e. The van der Waals surface area contributed by atoms with Crippen molar-refractivity contribution in [1.29, 1.82) is 0 Å². The zero-order chi connectivity index (χ0) is 13.8. The molecule has 0 saturated heterocycles. The summed E-state index contributed by atoms with van der Waals surface area (Å²) < 4.78 is 13.3. The SMILES string of the molecule is Cc1cc(F)cc(C(O)CC(C)c2ccccc2)c1. The number of hydrogen-bond donors (Lipinski definition) is 1. The van der Waals surface area contributed by atoms with Crippen molar-refractivity contribution in [2.45, 2.75) is 32.3 Å². The summed E-state index contributed by atoms with van der Waals surface area (Å²) in [6.45, 7) is 3.91. The van der Waals surface area contributed by atoms with E-state index in [0.717, 1.165) is 5.56 Å². The zero-order valence-corrected chi connectivity index (χ0v) is 11.3. The van der Waals surface area contributed by atoms with E-state index in [0.29, 0.717) is 12.0 Å². The highest BCUT2D eigenvalue weighted by atomic mass is 19.1. The molecule has 1 N–H and O–H groups in total. The van der Waals surface area contributed by atoms with Crippen molar-refractivity contribution < 1.29 is 9.50 Å². The molecule has 1 nitrogen and oxygen atoms in total. The van der Waals surface area contributed by atoms with Crippen LogP contribution in [-0.4, -0.2) is 5.11 Å². The second kappa shape index (κ2) is 5.98. The Labute approximate surface area is 113 Å². The largest absolute Gasteiger partial charge is 0.388 e. The topological polar surface area (TPSA) is 20.2 Å². The van der Waals surface area contributed by atoms with Crippen LogP contribution in [0.1, 0.15) is 42.1 Å². The van der Waals surface area contributed by atoms with Gasteiger partial charge in [0.25, 0.3) is 0 Å². The van der Waals surface area contributed by atoms with Crippen molar-refractivity contribution in [3.8, 4) is 0 Å². The number of aryl methyl sites for hydroxylation is 1. The van der Waals surface area contributed by atoms with Gasteiger partial charge in [0.15, 0.2) is 0 Å². The van der Waals surface area contributed by atoms with Crippen molar-refractivity contribution in [3.05, 3.63) is 71.0 Å². The molecule has 0 saturated carbocycles. The van der Waals surface area contributed by atoms with Crippen LogP contribution in [0.25, 0.3) is 0 Å². The van der Waals surface area contributed by atoms with Gasteiger partial charge in [0.2, 0.25) is 0 Å². The van der Waals surface area contributed by atoms with Crippen molar-refractivity contribution in [1.82, 2.24) is 0 Å². The zero-order valence-electron chi connectivity index (χ0n) is 11.3. The standard InChI is InChI=1S/C17H19FO/c1-12-8-15(11-16(18)9-12)17(19)10-13(2)14-6-4-3-5-7-14/h3-9,11,13,17,19H,10H2,1-2H3. The van der Waals surface area contributed by atoms with Gasteiger partial charge in [0.1, 0.15) is 5.82 Å². The molecule has 2 atom stereocenters. The van der Waals surface area contributed by atoms with Crippen LogP contribution in [0.4, 0.5) is 4.39 Å². The third-order valence-electron chi connectivity index (χ3n) is 3.39. The van der Waals surface area contributed by atoms with Crippen LogP contribution in [0.5, 0.6) is 0 Å². The minimum absolute atomic E-state index is 0.236. The molecule has 0 heterocycles. The Hall–Kier alpha value is -1.67. The molecule has 0 amide bonds. The number of halogens is 1. The molecular weight excluding hydrogens is 239 g/mol. The Morgan fingerprint density at radius 2 is 1.74 bits per heavy atom.